The summed E-state index contributed by atoms with van der Waals surface area (Å²) in [5, 5.41) is -0.801. The Hall–Kier alpha value is -0.603. The van der Waals surface area contributed by atoms with E-state index in [0.717, 1.165) is 0 Å². The van der Waals surface area contributed by atoms with Crippen molar-refractivity contribution in [3.8, 4) is 0 Å². The summed E-state index contributed by atoms with van der Waals surface area (Å²) in [5.74, 6) is 0. The first-order chi connectivity index (χ1) is 6.81. The number of hydrogen-bond donors (Lipinski definition) is 0. The van der Waals surface area contributed by atoms with E-state index >= 15 is 0 Å². The van der Waals surface area contributed by atoms with Crippen LogP contribution in [0.5, 0.6) is 0 Å². The van der Waals surface area contributed by atoms with Crippen molar-refractivity contribution in [1.82, 2.24) is 0 Å². The van der Waals surface area contributed by atoms with Gasteiger partial charge < -0.3 is 8.85 Å². The van der Waals surface area contributed by atoms with Crippen LogP contribution in [0.25, 0.3) is 10.4 Å². The molecule has 0 aromatic rings. The number of hydrogen-bond acceptors (Lipinski definition) is 4. The standard InChI is InChI=1S/C6H15N3O4SSi/c1-6(14(10,11)9-8-7)5-15(4,12-2)13-3/h6H,5H2,1-4H3. The minimum absolute atomic E-state index is 0.224. The predicted molar refractivity (Wildman–Crippen MR) is 58.0 cm³/mol. The Kier molecular flexibility index (Phi) is 5.25. The molecule has 1 atom stereocenters. The molecule has 0 saturated heterocycles. The van der Waals surface area contributed by atoms with Crippen LogP contribution in [0.15, 0.2) is 4.52 Å². The van der Waals surface area contributed by atoms with Gasteiger partial charge in [0.1, 0.15) is 0 Å². The Morgan fingerprint density at radius 1 is 1.47 bits per heavy atom. The van der Waals surface area contributed by atoms with Gasteiger partial charge in [-0.05, 0) is 19.0 Å². The van der Waals surface area contributed by atoms with Crippen LogP contribution in [0.2, 0.25) is 12.6 Å². The lowest BCUT2D eigenvalue weighted by atomic mass is 10.6. The summed E-state index contributed by atoms with van der Waals surface area (Å²) < 4.78 is 35.7. The van der Waals surface area contributed by atoms with Crippen molar-refractivity contribution in [3.63, 3.8) is 0 Å². The van der Waals surface area contributed by atoms with E-state index in [1.807, 2.05) is 0 Å². The topological polar surface area (TPSA) is 101 Å². The quantitative estimate of drug-likeness (QED) is 0.309. The maximum absolute atomic E-state index is 11.3. The highest BCUT2D eigenvalue weighted by Crippen LogP contribution is 2.19. The number of nitrogens with zero attached hydrogens (tertiary/aromatic N) is 3. The largest absolute Gasteiger partial charge is 0.398 e. The van der Waals surface area contributed by atoms with Gasteiger partial charge in [0, 0.05) is 29.7 Å². The lowest BCUT2D eigenvalue weighted by molar-refractivity contribution is 0.249. The normalized spacial score (nSPS) is 14.4. The molecule has 88 valence electrons. The summed E-state index contributed by atoms with van der Waals surface area (Å²) >= 11 is 0. The molecule has 0 bridgehead atoms. The Morgan fingerprint density at radius 3 is 2.27 bits per heavy atom. The van der Waals surface area contributed by atoms with Crippen molar-refractivity contribution in [2.75, 3.05) is 14.2 Å². The summed E-state index contributed by atoms with van der Waals surface area (Å²) in [6.07, 6.45) is 0. The average Bonchev–Trinajstić information content (AvgIpc) is 2.17. The molecule has 0 aromatic heterocycles. The molecule has 0 fully saturated rings. The lowest BCUT2D eigenvalue weighted by Gasteiger charge is -2.24. The van der Waals surface area contributed by atoms with Gasteiger partial charge in [-0.1, -0.05) is 0 Å². The third kappa shape index (κ3) is 4.18. The van der Waals surface area contributed by atoms with Gasteiger partial charge >= 0.3 is 8.56 Å². The van der Waals surface area contributed by atoms with E-state index < -0.39 is 23.8 Å². The van der Waals surface area contributed by atoms with Gasteiger partial charge in [-0.3, -0.25) is 0 Å². The first kappa shape index (κ1) is 14.4. The van der Waals surface area contributed by atoms with Crippen LogP contribution in [-0.2, 0) is 18.9 Å². The third-order valence-corrected chi connectivity index (χ3v) is 7.04. The van der Waals surface area contributed by atoms with Gasteiger partial charge in [0.05, 0.1) is 5.25 Å². The van der Waals surface area contributed by atoms with E-state index in [1.165, 1.54) is 21.1 Å². The van der Waals surface area contributed by atoms with Crippen molar-refractivity contribution in [3.05, 3.63) is 10.4 Å². The van der Waals surface area contributed by atoms with Crippen molar-refractivity contribution in [2.45, 2.75) is 24.8 Å². The molecule has 0 radical (unpaired) electrons. The average molecular weight is 253 g/mol. The SMILES string of the molecule is CO[Si](C)(CC(C)S(=O)(=O)N=[N+]=[N-])OC. The third-order valence-electron chi connectivity index (χ3n) is 2.18. The van der Waals surface area contributed by atoms with Gasteiger partial charge in [-0.2, -0.15) is 0 Å². The fraction of sp³-hybridized carbons (Fsp3) is 1.00. The highest BCUT2D eigenvalue weighted by molar-refractivity contribution is 7.90. The van der Waals surface area contributed by atoms with Gasteiger partial charge in [-0.25, -0.2) is 8.42 Å². The number of rotatable bonds is 6. The molecular formula is C6H15N3O4SSi. The molecule has 0 aromatic carbocycles. The minimum atomic E-state index is -3.78. The van der Waals surface area contributed by atoms with Crippen LogP contribution in [0.4, 0.5) is 0 Å². The van der Waals surface area contributed by atoms with Crippen LogP contribution >= 0.6 is 0 Å². The van der Waals surface area contributed by atoms with E-state index in [-0.39, 0.29) is 6.04 Å². The second kappa shape index (κ2) is 5.47. The predicted octanol–water partition coefficient (Wildman–Crippen LogP) is 1.38. The maximum Gasteiger partial charge on any atom is 0.335 e. The molecule has 0 aliphatic rings. The molecule has 0 aliphatic carbocycles. The van der Waals surface area contributed by atoms with Crippen LogP contribution in [-0.4, -0.2) is 36.4 Å². The minimum Gasteiger partial charge on any atom is -0.398 e. The van der Waals surface area contributed by atoms with Crippen molar-refractivity contribution >= 4 is 18.6 Å². The summed E-state index contributed by atoms with van der Waals surface area (Å²) in [7, 11) is -3.29. The van der Waals surface area contributed by atoms with E-state index in [4.69, 9.17) is 14.4 Å². The van der Waals surface area contributed by atoms with Crippen LogP contribution in [0.3, 0.4) is 0 Å². The van der Waals surface area contributed by atoms with Crippen LogP contribution < -0.4 is 0 Å². The Balaban J connectivity index is 4.76. The Bertz CT molecular complexity index is 347. The number of azide groups is 1. The highest BCUT2D eigenvalue weighted by Gasteiger charge is 2.35. The van der Waals surface area contributed by atoms with Crippen LogP contribution in [0, 0.1) is 0 Å². The monoisotopic (exact) mass is 253 g/mol. The van der Waals surface area contributed by atoms with E-state index in [1.54, 1.807) is 6.55 Å². The molecule has 0 amide bonds. The molecule has 15 heavy (non-hydrogen) atoms. The smallest absolute Gasteiger partial charge is 0.335 e. The summed E-state index contributed by atoms with van der Waals surface area (Å²) in [5.41, 5.74) is 8.09. The maximum atomic E-state index is 11.3. The summed E-state index contributed by atoms with van der Waals surface area (Å²) in [4.78, 5) is 2.28. The zero-order valence-corrected chi connectivity index (χ0v) is 11.0. The fourth-order valence-electron chi connectivity index (χ4n) is 1.01. The lowest BCUT2D eigenvalue weighted by Crippen LogP contribution is -2.40. The molecule has 7 nitrogen and oxygen atoms in total. The second-order valence-electron chi connectivity index (χ2n) is 3.24. The highest BCUT2D eigenvalue weighted by atomic mass is 32.2. The molecule has 0 spiro atoms. The first-order valence-electron chi connectivity index (χ1n) is 4.22. The molecule has 1 unspecified atom stereocenters. The van der Waals surface area contributed by atoms with Gasteiger partial charge in [0.15, 0.2) is 0 Å². The molecule has 0 rings (SSSR count). The molecule has 0 saturated carbocycles. The fourth-order valence-corrected chi connectivity index (χ4v) is 4.57. The van der Waals surface area contributed by atoms with Gasteiger partial charge in [0.2, 0.25) is 10.0 Å². The Labute approximate surface area is 90.3 Å². The molecule has 0 N–H and O–H groups in total. The zero-order valence-electron chi connectivity index (χ0n) is 9.17. The number of sulfonamides is 1. The molecule has 9 heteroatoms. The molecule has 0 aliphatic heterocycles. The van der Waals surface area contributed by atoms with E-state index in [0.29, 0.717) is 0 Å². The zero-order chi connectivity index (χ0) is 12.1. The van der Waals surface area contributed by atoms with Crippen molar-refractivity contribution in [1.29, 1.82) is 0 Å². The van der Waals surface area contributed by atoms with Crippen molar-refractivity contribution < 1.29 is 17.3 Å². The van der Waals surface area contributed by atoms with Gasteiger partial charge in [-0.15, -0.1) is 0 Å². The van der Waals surface area contributed by atoms with Crippen LogP contribution in [0.1, 0.15) is 6.92 Å². The second-order valence-corrected chi connectivity index (χ2v) is 8.73. The molecular weight excluding hydrogens is 238 g/mol. The summed E-state index contributed by atoms with van der Waals surface area (Å²) in [6, 6.07) is 0.224. The Morgan fingerprint density at radius 2 is 1.93 bits per heavy atom. The summed E-state index contributed by atoms with van der Waals surface area (Å²) in [6.45, 7) is 3.21. The van der Waals surface area contributed by atoms with E-state index in [9.17, 15) is 8.42 Å². The van der Waals surface area contributed by atoms with E-state index in [2.05, 4.69) is 9.43 Å². The first-order valence-corrected chi connectivity index (χ1v) is 8.24. The van der Waals surface area contributed by atoms with Gasteiger partial charge in [0.25, 0.3) is 0 Å². The molecule has 0 heterocycles. The van der Waals surface area contributed by atoms with Crippen molar-refractivity contribution in [2.24, 2.45) is 4.52 Å².